The fourth-order valence-corrected chi connectivity index (χ4v) is 3.64. The van der Waals surface area contributed by atoms with Crippen LogP contribution in [0.3, 0.4) is 0 Å². The number of carboxylic acids is 1. The third kappa shape index (κ3) is 9.82. The monoisotopic (exact) mass is 495 g/mol. The molecule has 0 aromatic heterocycles. The van der Waals surface area contributed by atoms with Crippen LogP contribution >= 0.6 is 23.2 Å². The van der Waals surface area contributed by atoms with Gasteiger partial charge in [0.15, 0.2) is 0 Å². The van der Waals surface area contributed by atoms with Crippen molar-refractivity contribution in [3.63, 3.8) is 0 Å². The summed E-state index contributed by atoms with van der Waals surface area (Å²) in [6, 6.07) is 11.0. The van der Waals surface area contributed by atoms with Gasteiger partial charge in [-0.05, 0) is 43.2 Å². The summed E-state index contributed by atoms with van der Waals surface area (Å²) in [5, 5.41) is 15.2. The van der Waals surface area contributed by atoms with Crippen molar-refractivity contribution >= 4 is 47.1 Å². The number of amides is 1. The number of nitrogens with one attached hydrogen (secondary N) is 2. The summed E-state index contributed by atoms with van der Waals surface area (Å²) in [5.74, 6) is -1.76. The number of hydrogen-bond donors (Lipinski definition) is 4. The zero-order valence-corrected chi connectivity index (χ0v) is 20.7. The van der Waals surface area contributed by atoms with E-state index in [1.807, 2.05) is 32.9 Å². The predicted molar refractivity (Wildman–Crippen MR) is 133 cm³/mol. The van der Waals surface area contributed by atoms with E-state index in [1.54, 1.807) is 25.2 Å². The van der Waals surface area contributed by atoms with Gasteiger partial charge >= 0.3 is 5.97 Å². The molecule has 0 heterocycles. The second kappa shape index (κ2) is 13.2. The Morgan fingerprint density at radius 3 is 2.06 bits per heavy atom. The number of carbonyl (C=O) groups is 3. The molecule has 2 aromatic rings. The van der Waals surface area contributed by atoms with Gasteiger partial charge in [0.2, 0.25) is 0 Å². The maximum Gasteiger partial charge on any atom is 0.326 e. The van der Waals surface area contributed by atoms with E-state index in [0.717, 1.165) is 24.0 Å². The lowest BCUT2D eigenvalue weighted by Crippen LogP contribution is -2.42. The Labute approximate surface area is 204 Å². The molecule has 2 aromatic carbocycles. The van der Waals surface area contributed by atoms with Gasteiger partial charge in [-0.15, -0.1) is 0 Å². The predicted octanol–water partition coefficient (Wildman–Crippen LogP) is 4.41. The fraction of sp³-hybridized carbons (Fsp3) is 0.375. The van der Waals surface area contributed by atoms with Gasteiger partial charge in [0.25, 0.3) is 5.91 Å². The minimum atomic E-state index is -1.13. The van der Waals surface area contributed by atoms with Gasteiger partial charge in [-0.2, -0.15) is 0 Å². The molecular formula is C24H31Cl2N3O4. The number of halogens is 2. The van der Waals surface area contributed by atoms with Gasteiger partial charge in [0, 0.05) is 30.6 Å². The average molecular weight is 496 g/mol. The van der Waals surface area contributed by atoms with Crippen molar-refractivity contribution in [2.24, 2.45) is 11.1 Å². The number of anilines is 1. The summed E-state index contributed by atoms with van der Waals surface area (Å²) < 4.78 is 0. The number of carboxylic acid groups (broad SMARTS) is 1. The molecule has 1 amide bonds. The molecule has 0 spiro atoms. The van der Waals surface area contributed by atoms with E-state index in [1.165, 1.54) is 12.1 Å². The summed E-state index contributed by atoms with van der Waals surface area (Å²) in [4.78, 5) is 34.1. The first-order chi connectivity index (χ1) is 15.4. The van der Waals surface area contributed by atoms with Crippen LogP contribution in [-0.4, -0.2) is 42.4 Å². The molecule has 7 nitrogen and oxygen atoms in total. The Kier molecular flexibility index (Phi) is 11.4. The topological polar surface area (TPSA) is 122 Å². The Hall–Kier alpha value is -2.61. The van der Waals surface area contributed by atoms with Crippen LogP contribution in [0.15, 0.2) is 42.5 Å². The molecule has 0 aliphatic heterocycles. The second-order valence-corrected chi connectivity index (χ2v) is 9.21. The van der Waals surface area contributed by atoms with Crippen LogP contribution in [0.1, 0.15) is 43.1 Å². The highest BCUT2D eigenvalue weighted by Gasteiger charge is 2.23. The summed E-state index contributed by atoms with van der Waals surface area (Å²) in [6.45, 7) is 5.69. The van der Waals surface area contributed by atoms with E-state index in [2.05, 4.69) is 10.6 Å². The summed E-state index contributed by atoms with van der Waals surface area (Å²) >= 11 is 12.0. The minimum Gasteiger partial charge on any atom is -0.480 e. The van der Waals surface area contributed by atoms with Crippen LogP contribution in [0.5, 0.6) is 0 Å². The normalized spacial score (nSPS) is 12.6. The Bertz CT molecular complexity index is 927. The van der Waals surface area contributed by atoms with Gasteiger partial charge in [0.05, 0.1) is 15.6 Å². The molecule has 0 aliphatic rings. The fourth-order valence-electron chi connectivity index (χ4n) is 3.07. The Morgan fingerprint density at radius 1 is 1.12 bits per heavy atom. The van der Waals surface area contributed by atoms with Gasteiger partial charge in [-0.1, -0.05) is 55.2 Å². The molecule has 2 rings (SSSR count). The first-order valence-electron chi connectivity index (χ1n) is 10.4. The molecule has 0 saturated heterocycles. The number of nitrogens with two attached hydrogens (primary N) is 1. The molecule has 180 valence electrons. The van der Waals surface area contributed by atoms with E-state index in [9.17, 15) is 19.5 Å². The average Bonchev–Trinajstić information content (AvgIpc) is 2.73. The summed E-state index contributed by atoms with van der Waals surface area (Å²) in [7, 11) is 1.79. The van der Waals surface area contributed by atoms with Crippen molar-refractivity contribution in [3.05, 3.63) is 63.6 Å². The molecule has 0 fully saturated rings. The van der Waals surface area contributed by atoms with Gasteiger partial charge in [-0.25, -0.2) is 4.79 Å². The van der Waals surface area contributed by atoms with E-state index >= 15 is 0 Å². The van der Waals surface area contributed by atoms with Crippen LogP contribution < -0.4 is 16.4 Å². The van der Waals surface area contributed by atoms with Crippen molar-refractivity contribution in [2.45, 2.75) is 45.7 Å². The van der Waals surface area contributed by atoms with Gasteiger partial charge in [0.1, 0.15) is 12.3 Å². The van der Waals surface area contributed by atoms with Crippen molar-refractivity contribution < 1.29 is 19.5 Å². The third-order valence-electron chi connectivity index (χ3n) is 4.64. The largest absolute Gasteiger partial charge is 0.480 e. The van der Waals surface area contributed by atoms with E-state index in [-0.39, 0.29) is 33.5 Å². The van der Waals surface area contributed by atoms with Crippen molar-refractivity contribution in [1.29, 1.82) is 0 Å². The Balaban J connectivity index is 0.000000513. The minimum absolute atomic E-state index is 0.0672. The zero-order valence-electron chi connectivity index (χ0n) is 19.2. The number of aliphatic carboxylic acids is 1. The van der Waals surface area contributed by atoms with Crippen LogP contribution in [0, 0.1) is 5.41 Å². The second-order valence-electron chi connectivity index (χ2n) is 8.40. The van der Waals surface area contributed by atoms with E-state index in [0.29, 0.717) is 0 Å². The molecular weight excluding hydrogens is 465 g/mol. The lowest BCUT2D eigenvalue weighted by atomic mass is 9.88. The number of rotatable bonds is 9. The summed E-state index contributed by atoms with van der Waals surface area (Å²) in [6.07, 6.45) is 1.86. The Morgan fingerprint density at radius 2 is 1.67 bits per heavy atom. The zero-order chi connectivity index (χ0) is 25.2. The standard InChI is InChI=1S/C17H16Cl2N2O3.C7H15NO/c1-20-11-7-5-10(6-8-11)9-14(17(23)24)21-16(22)15-12(18)3-2-4-13(15)19;1-6(8)4-7(2,3)5-9/h2-8,14,20H,9H2,1H3,(H,21,22)(H,23,24);5-6H,4,8H2,1-3H3. The van der Waals surface area contributed by atoms with Crippen molar-refractivity contribution in [3.8, 4) is 0 Å². The van der Waals surface area contributed by atoms with Crippen LogP contribution in [0.2, 0.25) is 10.0 Å². The first kappa shape index (κ1) is 28.4. The molecule has 2 atom stereocenters. The molecule has 0 bridgehead atoms. The summed E-state index contributed by atoms with van der Waals surface area (Å²) in [5.41, 5.74) is 7.02. The molecule has 9 heteroatoms. The van der Waals surface area contributed by atoms with Crippen LogP contribution in [-0.2, 0) is 16.0 Å². The van der Waals surface area contributed by atoms with Crippen molar-refractivity contribution in [2.75, 3.05) is 12.4 Å². The highest BCUT2D eigenvalue weighted by atomic mass is 35.5. The van der Waals surface area contributed by atoms with E-state index in [4.69, 9.17) is 28.9 Å². The van der Waals surface area contributed by atoms with Gasteiger partial charge in [-0.3, -0.25) is 4.79 Å². The number of hydrogen-bond acceptors (Lipinski definition) is 5. The molecule has 33 heavy (non-hydrogen) atoms. The molecule has 2 unspecified atom stereocenters. The third-order valence-corrected chi connectivity index (χ3v) is 5.27. The maximum atomic E-state index is 12.3. The lowest BCUT2D eigenvalue weighted by Gasteiger charge is -2.18. The molecule has 0 radical (unpaired) electrons. The molecule has 0 aliphatic carbocycles. The SMILES string of the molecule is CC(N)CC(C)(C)C=O.CNc1ccc(CC(NC(=O)c2c(Cl)cccc2Cl)C(=O)O)cc1. The number of benzene rings is 2. The number of carbonyl (C=O) groups excluding carboxylic acids is 2. The highest BCUT2D eigenvalue weighted by Crippen LogP contribution is 2.24. The molecule has 0 saturated carbocycles. The number of aldehydes is 1. The van der Waals surface area contributed by atoms with Crippen LogP contribution in [0.25, 0.3) is 0 Å². The molecule has 5 N–H and O–H groups in total. The van der Waals surface area contributed by atoms with Crippen molar-refractivity contribution in [1.82, 2.24) is 5.32 Å². The van der Waals surface area contributed by atoms with E-state index < -0.39 is 17.9 Å². The maximum absolute atomic E-state index is 12.3. The smallest absolute Gasteiger partial charge is 0.326 e. The highest BCUT2D eigenvalue weighted by molar-refractivity contribution is 6.39. The lowest BCUT2D eigenvalue weighted by molar-refractivity contribution is -0.139. The quantitative estimate of drug-likeness (QED) is 0.382. The first-order valence-corrected chi connectivity index (χ1v) is 11.1. The van der Waals surface area contributed by atoms with Crippen LogP contribution in [0.4, 0.5) is 5.69 Å². The van der Waals surface area contributed by atoms with Gasteiger partial charge < -0.3 is 26.3 Å².